The number of nitrogens with zero attached hydrogens (tertiary/aromatic N) is 2. The Balaban J connectivity index is 2.13. The van der Waals surface area contributed by atoms with E-state index in [-0.39, 0.29) is 35.0 Å². The molecule has 1 unspecified atom stereocenters. The zero-order valence-corrected chi connectivity index (χ0v) is 19.5. The third-order valence-electron chi connectivity index (χ3n) is 5.33. The molecular formula is C21H33N3O6S. The molecule has 1 aromatic carbocycles. The number of ether oxygens (including phenoxy) is 2. The zero-order valence-electron chi connectivity index (χ0n) is 18.7. The number of anilines is 1. The number of esters is 1. The average Bonchev–Trinajstić information content (AvgIpc) is 2.78. The SMILES string of the molecule is CCN(CC(=O)Nc1ccc(OC)c(S(=O)(=O)N2CCCCC2)c1)CC(C)C(=O)OC. The molecule has 1 aromatic rings. The van der Waals surface area contributed by atoms with Gasteiger partial charge in [0.15, 0.2) is 0 Å². The van der Waals surface area contributed by atoms with Gasteiger partial charge in [0.05, 0.1) is 26.7 Å². The number of hydrogen-bond donors (Lipinski definition) is 1. The summed E-state index contributed by atoms with van der Waals surface area (Å²) in [5, 5.41) is 2.75. The van der Waals surface area contributed by atoms with Crippen molar-refractivity contribution < 1.29 is 27.5 Å². The Bertz CT molecular complexity index is 868. The van der Waals surface area contributed by atoms with E-state index in [2.05, 4.69) is 5.32 Å². The van der Waals surface area contributed by atoms with Crippen LogP contribution in [0.2, 0.25) is 0 Å². The Morgan fingerprint density at radius 1 is 1.19 bits per heavy atom. The largest absolute Gasteiger partial charge is 0.495 e. The number of methoxy groups -OCH3 is 2. The van der Waals surface area contributed by atoms with Crippen LogP contribution in [0.25, 0.3) is 0 Å². The second-order valence-electron chi connectivity index (χ2n) is 7.63. The number of piperidine rings is 1. The Morgan fingerprint density at radius 2 is 1.87 bits per heavy atom. The third-order valence-corrected chi connectivity index (χ3v) is 7.25. The normalized spacial score (nSPS) is 16.0. The van der Waals surface area contributed by atoms with Crippen molar-refractivity contribution in [1.29, 1.82) is 0 Å². The van der Waals surface area contributed by atoms with Crippen molar-refractivity contribution in [3.8, 4) is 5.75 Å². The molecule has 10 heteroatoms. The van der Waals surface area contributed by atoms with E-state index >= 15 is 0 Å². The fraction of sp³-hybridized carbons (Fsp3) is 0.619. The minimum atomic E-state index is -3.72. The van der Waals surface area contributed by atoms with Gasteiger partial charge in [-0.2, -0.15) is 4.31 Å². The maximum atomic E-state index is 13.1. The summed E-state index contributed by atoms with van der Waals surface area (Å²) in [4.78, 5) is 26.1. The lowest BCUT2D eigenvalue weighted by molar-refractivity contribution is -0.145. The number of carbonyl (C=O) groups is 2. The lowest BCUT2D eigenvalue weighted by Crippen LogP contribution is -2.38. The number of nitrogens with one attached hydrogen (secondary N) is 1. The van der Waals surface area contributed by atoms with Gasteiger partial charge in [0.25, 0.3) is 0 Å². The number of hydrogen-bond acceptors (Lipinski definition) is 7. The Kier molecular flexibility index (Phi) is 9.27. The molecule has 1 fully saturated rings. The molecule has 1 heterocycles. The fourth-order valence-electron chi connectivity index (χ4n) is 3.57. The van der Waals surface area contributed by atoms with Crippen molar-refractivity contribution in [2.24, 2.45) is 5.92 Å². The fourth-order valence-corrected chi connectivity index (χ4v) is 5.27. The number of likely N-dealkylation sites (N-methyl/N-ethyl adjacent to an activating group) is 1. The minimum Gasteiger partial charge on any atom is -0.495 e. The summed E-state index contributed by atoms with van der Waals surface area (Å²) in [5.74, 6) is -0.752. The number of amides is 1. The zero-order chi connectivity index (χ0) is 23.0. The van der Waals surface area contributed by atoms with Gasteiger partial charge in [-0.15, -0.1) is 0 Å². The van der Waals surface area contributed by atoms with Crippen LogP contribution < -0.4 is 10.1 Å². The van der Waals surface area contributed by atoms with E-state index in [0.29, 0.717) is 31.9 Å². The van der Waals surface area contributed by atoms with E-state index < -0.39 is 10.0 Å². The summed E-state index contributed by atoms with van der Waals surface area (Å²) >= 11 is 0. The van der Waals surface area contributed by atoms with Crippen LogP contribution in [0.1, 0.15) is 33.1 Å². The molecule has 174 valence electrons. The standard InChI is InChI=1S/C21H33N3O6S/c1-5-23(14-16(2)21(26)30-4)15-20(25)22-17-9-10-18(29-3)19(13-17)31(27,28)24-11-7-6-8-12-24/h9-10,13,16H,5-8,11-12,14-15H2,1-4H3,(H,22,25). The van der Waals surface area contributed by atoms with Crippen LogP contribution in [0.4, 0.5) is 5.69 Å². The highest BCUT2D eigenvalue weighted by Crippen LogP contribution is 2.31. The predicted octanol–water partition coefficient (Wildman–Crippen LogP) is 1.94. The number of rotatable bonds is 10. The van der Waals surface area contributed by atoms with Crippen molar-refractivity contribution in [3.63, 3.8) is 0 Å². The first-order valence-corrected chi connectivity index (χ1v) is 11.9. The summed E-state index contributed by atoms with van der Waals surface area (Å²) in [6, 6.07) is 4.59. The topological polar surface area (TPSA) is 105 Å². The lowest BCUT2D eigenvalue weighted by Gasteiger charge is -2.27. The van der Waals surface area contributed by atoms with E-state index in [1.165, 1.54) is 24.6 Å². The Morgan fingerprint density at radius 3 is 2.45 bits per heavy atom. The highest BCUT2D eigenvalue weighted by Gasteiger charge is 2.29. The summed E-state index contributed by atoms with van der Waals surface area (Å²) in [6.07, 6.45) is 2.67. The molecule has 1 aliphatic rings. The van der Waals surface area contributed by atoms with Gasteiger partial charge >= 0.3 is 5.97 Å². The van der Waals surface area contributed by atoms with Gasteiger partial charge in [0, 0.05) is 25.3 Å². The van der Waals surface area contributed by atoms with Crippen molar-refractivity contribution in [1.82, 2.24) is 9.21 Å². The summed E-state index contributed by atoms with van der Waals surface area (Å²) in [6.45, 7) is 5.62. The molecule has 0 saturated carbocycles. The molecule has 0 aromatic heterocycles. The molecule has 9 nitrogen and oxygen atoms in total. The number of carbonyl (C=O) groups excluding carboxylic acids is 2. The molecule has 2 rings (SSSR count). The average molecular weight is 456 g/mol. The summed E-state index contributed by atoms with van der Waals surface area (Å²) in [7, 11) is -0.969. The van der Waals surface area contributed by atoms with E-state index in [9.17, 15) is 18.0 Å². The van der Waals surface area contributed by atoms with Crippen LogP contribution >= 0.6 is 0 Å². The third kappa shape index (κ3) is 6.65. The molecule has 0 aliphatic carbocycles. The van der Waals surface area contributed by atoms with Crippen molar-refractivity contribution in [3.05, 3.63) is 18.2 Å². The van der Waals surface area contributed by atoms with Gasteiger partial charge in [0.2, 0.25) is 15.9 Å². The van der Waals surface area contributed by atoms with Crippen molar-refractivity contribution in [2.45, 2.75) is 38.0 Å². The molecule has 1 aliphatic heterocycles. The van der Waals surface area contributed by atoms with Crippen molar-refractivity contribution >= 4 is 27.6 Å². The van der Waals surface area contributed by atoms with Crippen molar-refractivity contribution in [2.75, 3.05) is 52.3 Å². The van der Waals surface area contributed by atoms with Gasteiger partial charge in [-0.1, -0.05) is 20.3 Å². The Labute approximate surface area is 184 Å². The molecule has 1 saturated heterocycles. The molecule has 0 spiro atoms. The molecule has 0 radical (unpaired) electrons. The first kappa shape index (κ1) is 25.1. The number of benzene rings is 1. The van der Waals surface area contributed by atoms with E-state index in [0.717, 1.165) is 19.3 Å². The van der Waals surface area contributed by atoms with Gasteiger partial charge < -0.3 is 14.8 Å². The summed E-state index contributed by atoms with van der Waals surface area (Å²) < 4.78 is 37.7. The maximum Gasteiger partial charge on any atom is 0.309 e. The quantitative estimate of drug-likeness (QED) is 0.538. The van der Waals surface area contributed by atoms with Crippen LogP contribution in [0.5, 0.6) is 5.75 Å². The maximum absolute atomic E-state index is 13.1. The van der Waals surface area contributed by atoms with Crippen LogP contribution in [0.15, 0.2) is 23.1 Å². The van der Waals surface area contributed by atoms with Crippen LogP contribution in [-0.2, 0) is 24.3 Å². The second kappa shape index (κ2) is 11.4. The van der Waals surface area contributed by atoms with Gasteiger partial charge in [-0.25, -0.2) is 8.42 Å². The predicted molar refractivity (Wildman–Crippen MR) is 118 cm³/mol. The molecule has 1 amide bonds. The first-order valence-electron chi connectivity index (χ1n) is 10.5. The number of sulfonamides is 1. The first-order chi connectivity index (χ1) is 14.7. The monoisotopic (exact) mass is 455 g/mol. The van der Waals surface area contributed by atoms with Crippen LogP contribution in [0, 0.1) is 5.92 Å². The Hall–Kier alpha value is -2.17. The van der Waals surface area contributed by atoms with Gasteiger partial charge in [0.1, 0.15) is 10.6 Å². The van der Waals surface area contributed by atoms with E-state index in [1.54, 1.807) is 19.1 Å². The highest BCUT2D eigenvalue weighted by molar-refractivity contribution is 7.89. The van der Waals surface area contributed by atoms with Crippen LogP contribution in [-0.4, -0.2) is 76.4 Å². The second-order valence-corrected chi connectivity index (χ2v) is 9.54. The van der Waals surface area contributed by atoms with Crippen LogP contribution in [0.3, 0.4) is 0 Å². The summed E-state index contributed by atoms with van der Waals surface area (Å²) in [5.41, 5.74) is 0.374. The molecule has 1 atom stereocenters. The minimum absolute atomic E-state index is 0.0429. The van der Waals surface area contributed by atoms with Gasteiger partial charge in [-0.3, -0.25) is 14.5 Å². The van der Waals surface area contributed by atoms with Gasteiger partial charge in [-0.05, 0) is 37.6 Å². The molecule has 0 bridgehead atoms. The molecular weight excluding hydrogens is 422 g/mol. The lowest BCUT2D eigenvalue weighted by atomic mass is 10.1. The van der Waals surface area contributed by atoms with E-state index in [4.69, 9.17) is 9.47 Å². The molecule has 31 heavy (non-hydrogen) atoms. The highest BCUT2D eigenvalue weighted by atomic mass is 32.2. The smallest absolute Gasteiger partial charge is 0.309 e. The van der Waals surface area contributed by atoms with E-state index in [1.807, 2.05) is 11.8 Å². The molecule has 1 N–H and O–H groups in total.